The molecule has 0 fully saturated rings. The second-order valence-electron chi connectivity index (χ2n) is 6.86. The van der Waals surface area contributed by atoms with Crippen molar-refractivity contribution in [2.45, 2.75) is 6.92 Å². The van der Waals surface area contributed by atoms with Crippen LogP contribution in [0.2, 0.25) is 0 Å². The fourth-order valence-electron chi connectivity index (χ4n) is 3.22. The minimum absolute atomic E-state index is 0.141. The number of hydrogen-bond donors (Lipinski definition) is 2. The summed E-state index contributed by atoms with van der Waals surface area (Å²) in [5.41, 5.74) is 0.498. The first kappa shape index (κ1) is 19.9. The molecule has 31 heavy (non-hydrogen) atoms. The van der Waals surface area contributed by atoms with Gasteiger partial charge in [0.05, 0.1) is 11.2 Å². The third-order valence-electron chi connectivity index (χ3n) is 4.80. The van der Waals surface area contributed by atoms with Crippen molar-refractivity contribution in [1.82, 2.24) is 4.57 Å². The monoisotopic (exact) mass is 414 g/mol. The number of carboxylic acids is 1. The molecule has 0 aliphatic rings. The first-order valence-corrected chi connectivity index (χ1v) is 9.47. The van der Waals surface area contributed by atoms with Gasteiger partial charge in [0.15, 0.2) is 5.75 Å². The number of nitrogens with zero attached hydrogens (tertiary/aromatic N) is 1. The van der Waals surface area contributed by atoms with Gasteiger partial charge in [-0.05, 0) is 42.8 Å². The number of ether oxygens (including phenoxy) is 1. The molecule has 0 saturated carbocycles. The molecule has 1 amide bonds. The van der Waals surface area contributed by atoms with Gasteiger partial charge >= 0.3 is 12.0 Å². The molecule has 0 spiro atoms. The molecule has 0 saturated heterocycles. The number of amides is 1. The molecular formula is C24H18N2O5. The van der Waals surface area contributed by atoms with E-state index in [1.807, 2.05) is 31.2 Å². The Labute approximate surface area is 177 Å². The maximum atomic E-state index is 13.1. The van der Waals surface area contributed by atoms with Crippen LogP contribution in [0.15, 0.2) is 83.8 Å². The molecule has 0 radical (unpaired) electrons. The summed E-state index contributed by atoms with van der Waals surface area (Å²) >= 11 is 0. The van der Waals surface area contributed by atoms with Gasteiger partial charge in [0.2, 0.25) is 5.43 Å². The van der Waals surface area contributed by atoms with Crippen LogP contribution in [0.5, 0.6) is 11.5 Å². The number of nitrogens with one attached hydrogen (secondary N) is 1. The number of benzene rings is 3. The maximum Gasteiger partial charge on any atom is 0.341 e. The van der Waals surface area contributed by atoms with E-state index in [-0.39, 0.29) is 5.39 Å². The van der Waals surface area contributed by atoms with Gasteiger partial charge in [-0.25, -0.2) is 9.59 Å². The number of para-hydroxylation sites is 4. The molecular weight excluding hydrogens is 396 g/mol. The van der Waals surface area contributed by atoms with E-state index >= 15 is 0 Å². The van der Waals surface area contributed by atoms with E-state index in [9.17, 15) is 19.5 Å². The van der Waals surface area contributed by atoms with Crippen LogP contribution in [0.3, 0.4) is 0 Å². The van der Waals surface area contributed by atoms with E-state index < -0.39 is 23.0 Å². The highest BCUT2D eigenvalue weighted by Crippen LogP contribution is 2.31. The molecule has 0 aliphatic carbocycles. The van der Waals surface area contributed by atoms with Crippen LogP contribution >= 0.6 is 0 Å². The Kier molecular flexibility index (Phi) is 5.24. The van der Waals surface area contributed by atoms with Gasteiger partial charge in [-0.2, -0.15) is 0 Å². The normalized spacial score (nSPS) is 10.6. The molecule has 7 heteroatoms. The van der Waals surface area contributed by atoms with Crippen molar-refractivity contribution in [3.05, 3.63) is 100 Å². The van der Waals surface area contributed by atoms with Crippen molar-refractivity contribution in [2.24, 2.45) is 0 Å². The number of fused-ring (bicyclic) bond motifs is 1. The number of aryl methyl sites for hydroxylation is 1. The average molecular weight is 414 g/mol. The van der Waals surface area contributed by atoms with Gasteiger partial charge in [0, 0.05) is 11.6 Å². The molecule has 1 aromatic heterocycles. The zero-order chi connectivity index (χ0) is 22.0. The lowest BCUT2D eigenvalue weighted by atomic mass is 10.1. The second kappa shape index (κ2) is 8.16. The van der Waals surface area contributed by atoms with Gasteiger partial charge in [0.1, 0.15) is 11.3 Å². The summed E-state index contributed by atoms with van der Waals surface area (Å²) in [5, 5.41) is 12.3. The van der Waals surface area contributed by atoms with Crippen LogP contribution in [-0.4, -0.2) is 21.7 Å². The molecule has 7 nitrogen and oxygen atoms in total. The van der Waals surface area contributed by atoms with Crippen molar-refractivity contribution < 1.29 is 19.4 Å². The Morgan fingerprint density at radius 3 is 2.29 bits per heavy atom. The predicted octanol–water partition coefficient (Wildman–Crippen LogP) is 4.88. The fourth-order valence-corrected chi connectivity index (χ4v) is 3.22. The summed E-state index contributed by atoms with van der Waals surface area (Å²) in [6.45, 7) is 1.91. The summed E-state index contributed by atoms with van der Waals surface area (Å²) in [7, 11) is 0. The zero-order valence-corrected chi connectivity index (χ0v) is 16.5. The van der Waals surface area contributed by atoms with Gasteiger partial charge in [-0.3, -0.25) is 9.36 Å². The maximum absolute atomic E-state index is 13.1. The Balaban J connectivity index is 1.74. The number of rotatable bonds is 4. The molecule has 2 N–H and O–H groups in total. The number of hydrogen-bond acceptors (Lipinski definition) is 4. The summed E-state index contributed by atoms with van der Waals surface area (Å²) in [4.78, 5) is 37.1. The van der Waals surface area contributed by atoms with Crippen LogP contribution in [0.25, 0.3) is 10.9 Å². The SMILES string of the molecule is Cc1ccccc1Oc1ccccc1NC(=O)n1cc(C(=O)O)c(=O)c2ccccc21. The van der Waals surface area contributed by atoms with Crippen LogP contribution in [0.1, 0.15) is 15.9 Å². The first-order valence-electron chi connectivity index (χ1n) is 9.47. The minimum atomic E-state index is -1.40. The Morgan fingerprint density at radius 2 is 1.55 bits per heavy atom. The Bertz CT molecular complexity index is 1370. The molecule has 4 aromatic rings. The van der Waals surface area contributed by atoms with E-state index in [1.54, 1.807) is 42.5 Å². The smallest absolute Gasteiger partial charge is 0.341 e. The van der Waals surface area contributed by atoms with Gasteiger partial charge < -0.3 is 15.2 Å². The highest BCUT2D eigenvalue weighted by molar-refractivity contribution is 6.01. The van der Waals surface area contributed by atoms with Crippen molar-refractivity contribution in [1.29, 1.82) is 0 Å². The Morgan fingerprint density at radius 1 is 0.903 bits per heavy atom. The summed E-state index contributed by atoms with van der Waals surface area (Å²) in [6, 6.07) is 20.1. The topological polar surface area (TPSA) is 97.6 Å². The van der Waals surface area contributed by atoms with Crippen LogP contribution in [0, 0.1) is 6.92 Å². The summed E-state index contributed by atoms with van der Waals surface area (Å²) in [5.74, 6) is -0.333. The number of pyridine rings is 1. The zero-order valence-electron chi connectivity index (χ0n) is 16.5. The molecule has 0 bridgehead atoms. The minimum Gasteiger partial charge on any atom is -0.477 e. The van der Waals surface area contributed by atoms with Crippen molar-refractivity contribution >= 4 is 28.6 Å². The number of carboxylic acid groups (broad SMARTS) is 1. The van der Waals surface area contributed by atoms with Crippen molar-refractivity contribution in [3.8, 4) is 11.5 Å². The van der Waals surface area contributed by atoms with Crippen molar-refractivity contribution in [2.75, 3.05) is 5.32 Å². The first-order chi connectivity index (χ1) is 15.0. The van der Waals surface area contributed by atoms with Gasteiger partial charge in [0.25, 0.3) is 0 Å². The van der Waals surface area contributed by atoms with Crippen LogP contribution in [0.4, 0.5) is 10.5 Å². The molecule has 0 unspecified atom stereocenters. The lowest BCUT2D eigenvalue weighted by Gasteiger charge is -2.15. The molecule has 154 valence electrons. The van der Waals surface area contributed by atoms with E-state index in [0.717, 1.165) is 16.3 Å². The molecule has 4 rings (SSSR count). The van der Waals surface area contributed by atoms with E-state index in [2.05, 4.69) is 5.32 Å². The highest BCUT2D eigenvalue weighted by Gasteiger charge is 2.18. The molecule has 1 heterocycles. The standard InChI is InChI=1S/C24H18N2O5/c1-15-8-2-6-12-20(15)31-21-13-7-4-10-18(21)25-24(30)26-14-17(23(28)29)22(27)16-9-3-5-11-19(16)26/h2-14H,1H3,(H,25,30)(H,28,29). The van der Waals surface area contributed by atoms with E-state index in [4.69, 9.17) is 4.74 Å². The quantitative estimate of drug-likeness (QED) is 0.496. The lowest BCUT2D eigenvalue weighted by Crippen LogP contribution is -2.25. The molecule has 3 aromatic carbocycles. The third-order valence-corrected chi connectivity index (χ3v) is 4.80. The van der Waals surface area contributed by atoms with Crippen LogP contribution in [-0.2, 0) is 0 Å². The fraction of sp³-hybridized carbons (Fsp3) is 0.0417. The van der Waals surface area contributed by atoms with Crippen molar-refractivity contribution in [3.63, 3.8) is 0 Å². The van der Waals surface area contributed by atoms with Crippen LogP contribution < -0.4 is 15.5 Å². The van der Waals surface area contributed by atoms with Gasteiger partial charge in [-0.1, -0.05) is 42.5 Å². The second-order valence-corrected chi connectivity index (χ2v) is 6.86. The van der Waals surface area contributed by atoms with Gasteiger partial charge in [-0.15, -0.1) is 0 Å². The Hall–Kier alpha value is -4.39. The highest BCUT2D eigenvalue weighted by atomic mass is 16.5. The summed E-state index contributed by atoms with van der Waals surface area (Å²) < 4.78 is 7.09. The summed E-state index contributed by atoms with van der Waals surface area (Å²) in [6.07, 6.45) is 1.03. The molecule has 0 atom stereocenters. The number of anilines is 1. The predicted molar refractivity (Wildman–Crippen MR) is 117 cm³/mol. The third kappa shape index (κ3) is 3.89. The lowest BCUT2D eigenvalue weighted by molar-refractivity contribution is 0.0695. The number of aromatic nitrogens is 1. The van der Waals surface area contributed by atoms with E-state index in [1.165, 1.54) is 6.07 Å². The van der Waals surface area contributed by atoms with E-state index in [0.29, 0.717) is 22.7 Å². The number of carbonyl (C=O) groups excluding carboxylic acids is 1. The number of aromatic carboxylic acids is 1. The molecule has 0 aliphatic heterocycles. The largest absolute Gasteiger partial charge is 0.477 e. The number of carbonyl (C=O) groups is 2. The average Bonchev–Trinajstić information content (AvgIpc) is 2.76.